The van der Waals surface area contributed by atoms with Crippen LogP contribution >= 0.6 is 0 Å². The van der Waals surface area contributed by atoms with E-state index in [2.05, 4.69) is 25.2 Å². The summed E-state index contributed by atoms with van der Waals surface area (Å²) in [5, 5.41) is 9.08. The highest BCUT2D eigenvalue weighted by molar-refractivity contribution is 5.50. The van der Waals surface area contributed by atoms with Crippen LogP contribution in [0.4, 0.5) is 0 Å². The molecule has 1 aromatic rings. The van der Waals surface area contributed by atoms with E-state index in [1.165, 1.54) is 5.57 Å². The maximum absolute atomic E-state index is 9.08. The molecule has 1 rings (SSSR count). The Morgan fingerprint density at radius 3 is 2.50 bits per heavy atom. The van der Waals surface area contributed by atoms with E-state index in [9.17, 15) is 0 Å². The molecule has 0 aliphatic carbocycles. The Morgan fingerprint density at radius 2 is 1.93 bits per heavy atom. The number of hydrogen-bond acceptors (Lipinski definition) is 1. The molecular weight excluding hydrogens is 172 g/mol. The Bertz CT molecular complexity index is 331. The van der Waals surface area contributed by atoms with Crippen molar-refractivity contribution < 1.29 is 5.11 Å². The molecule has 0 aliphatic heterocycles. The summed E-state index contributed by atoms with van der Waals surface area (Å²) in [5.41, 5.74) is 2.48. The number of phenolic OH excluding ortho intramolecular Hbond substituents is 1. The lowest BCUT2D eigenvalue weighted by Gasteiger charge is -1.95. The first-order valence-electron chi connectivity index (χ1n) is 4.79. The summed E-state index contributed by atoms with van der Waals surface area (Å²) in [6.07, 6.45) is 7.28. The van der Waals surface area contributed by atoms with Gasteiger partial charge in [0.25, 0.3) is 0 Å². The average molecular weight is 188 g/mol. The Balaban J connectivity index is 2.56. The van der Waals surface area contributed by atoms with Gasteiger partial charge >= 0.3 is 0 Å². The van der Waals surface area contributed by atoms with Gasteiger partial charge in [-0.1, -0.05) is 35.9 Å². The molecule has 0 heterocycles. The van der Waals surface area contributed by atoms with Gasteiger partial charge in [0.15, 0.2) is 0 Å². The number of aromatic hydroxyl groups is 1. The molecule has 1 aromatic carbocycles. The molecule has 0 spiro atoms. The van der Waals surface area contributed by atoms with E-state index in [1.807, 2.05) is 19.1 Å². The van der Waals surface area contributed by atoms with E-state index in [4.69, 9.17) is 5.11 Å². The zero-order valence-electron chi connectivity index (χ0n) is 8.70. The van der Waals surface area contributed by atoms with Crippen LogP contribution in [0.3, 0.4) is 0 Å². The van der Waals surface area contributed by atoms with Crippen molar-refractivity contribution in [3.63, 3.8) is 0 Å². The average Bonchev–Trinajstić information content (AvgIpc) is 2.21. The fourth-order valence-corrected chi connectivity index (χ4v) is 1.08. The number of allylic oxidation sites excluding steroid dienone is 3. The number of rotatable bonds is 3. The van der Waals surface area contributed by atoms with Crippen LogP contribution in [-0.2, 0) is 0 Å². The maximum Gasteiger partial charge on any atom is 0.115 e. The van der Waals surface area contributed by atoms with Gasteiger partial charge < -0.3 is 5.11 Å². The SMILES string of the molecule is C/C=C(\C)C/C=C/c1ccc(O)cc1. The highest BCUT2D eigenvalue weighted by atomic mass is 16.3. The smallest absolute Gasteiger partial charge is 0.115 e. The first-order chi connectivity index (χ1) is 6.72. The number of hydrogen-bond donors (Lipinski definition) is 1. The van der Waals surface area contributed by atoms with Crippen LogP contribution in [0.5, 0.6) is 5.75 Å². The standard InChI is InChI=1S/C13H16O/c1-3-11(2)5-4-6-12-7-9-13(14)10-8-12/h3-4,6-10,14H,5H2,1-2H3/b6-4+,11-3+. The summed E-state index contributed by atoms with van der Waals surface area (Å²) < 4.78 is 0. The van der Waals surface area contributed by atoms with Crippen molar-refractivity contribution in [1.82, 2.24) is 0 Å². The molecule has 0 fully saturated rings. The molecule has 0 saturated carbocycles. The topological polar surface area (TPSA) is 20.2 Å². The molecule has 1 nitrogen and oxygen atoms in total. The lowest BCUT2D eigenvalue weighted by molar-refractivity contribution is 0.475. The van der Waals surface area contributed by atoms with Gasteiger partial charge in [0.2, 0.25) is 0 Å². The normalized spacial score (nSPS) is 12.3. The van der Waals surface area contributed by atoms with Crippen LogP contribution < -0.4 is 0 Å². The molecule has 0 unspecified atom stereocenters. The molecule has 1 N–H and O–H groups in total. The zero-order valence-corrected chi connectivity index (χ0v) is 8.70. The minimum absolute atomic E-state index is 0.312. The van der Waals surface area contributed by atoms with Crippen LogP contribution in [0.25, 0.3) is 6.08 Å². The lowest BCUT2D eigenvalue weighted by atomic mass is 10.1. The third kappa shape index (κ3) is 3.48. The third-order valence-electron chi connectivity index (χ3n) is 2.14. The van der Waals surface area contributed by atoms with Gasteiger partial charge in [-0.2, -0.15) is 0 Å². The highest BCUT2D eigenvalue weighted by Gasteiger charge is 1.87. The molecule has 0 aliphatic rings. The minimum atomic E-state index is 0.312. The molecule has 74 valence electrons. The van der Waals surface area contributed by atoms with Crippen LogP contribution in [0, 0.1) is 0 Å². The van der Waals surface area contributed by atoms with Gasteiger partial charge in [0.05, 0.1) is 0 Å². The van der Waals surface area contributed by atoms with Crippen LogP contribution in [0.15, 0.2) is 42.0 Å². The summed E-state index contributed by atoms with van der Waals surface area (Å²) in [5.74, 6) is 0.312. The van der Waals surface area contributed by atoms with Gasteiger partial charge in [-0.25, -0.2) is 0 Å². The molecular formula is C13H16O. The Morgan fingerprint density at radius 1 is 1.29 bits per heavy atom. The largest absolute Gasteiger partial charge is 0.508 e. The van der Waals surface area contributed by atoms with Crippen molar-refractivity contribution in [3.8, 4) is 5.75 Å². The predicted octanol–water partition coefficient (Wildman–Crippen LogP) is 3.76. The summed E-state index contributed by atoms with van der Waals surface area (Å²) in [6.45, 7) is 4.16. The van der Waals surface area contributed by atoms with Gasteiger partial charge in [0.1, 0.15) is 5.75 Å². The van der Waals surface area contributed by atoms with Gasteiger partial charge in [-0.05, 0) is 38.0 Å². The van der Waals surface area contributed by atoms with Crippen molar-refractivity contribution in [2.24, 2.45) is 0 Å². The lowest BCUT2D eigenvalue weighted by Crippen LogP contribution is -1.72. The van der Waals surface area contributed by atoms with E-state index in [0.717, 1.165) is 12.0 Å². The first-order valence-corrected chi connectivity index (χ1v) is 4.79. The van der Waals surface area contributed by atoms with Gasteiger partial charge in [-0.15, -0.1) is 0 Å². The third-order valence-corrected chi connectivity index (χ3v) is 2.14. The molecule has 0 bridgehead atoms. The quantitative estimate of drug-likeness (QED) is 0.716. The van der Waals surface area contributed by atoms with E-state index >= 15 is 0 Å². The first kappa shape index (κ1) is 10.6. The molecule has 0 amide bonds. The van der Waals surface area contributed by atoms with E-state index in [-0.39, 0.29) is 0 Å². The highest BCUT2D eigenvalue weighted by Crippen LogP contribution is 2.11. The molecule has 0 atom stereocenters. The Hall–Kier alpha value is -1.50. The summed E-state index contributed by atoms with van der Waals surface area (Å²) in [4.78, 5) is 0. The summed E-state index contributed by atoms with van der Waals surface area (Å²) in [7, 11) is 0. The summed E-state index contributed by atoms with van der Waals surface area (Å²) in [6, 6.07) is 7.19. The maximum atomic E-state index is 9.08. The van der Waals surface area contributed by atoms with Crippen molar-refractivity contribution in [2.45, 2.75) is 20.3 Å². The van der Waals surface area contributed by atoms with E-state index in [1.54, 1.807) is 12.1 Å². The number of phenols is 1. The fourth-order valence-electron chi connectivity index (χ4n) is 1.08. The second kappa shape index (κ2) is 5.28. The summed E-state index contributed by atoms with van der Waals surface area (Å²) >= 11 is 0. The van der Waals surface area contributed by atoms with Crippen LogP contribution in [-0.4, -0.2) is 5.11 Å². The van der Waals surface area contributed by atoms with Crippen molar-refractivity contribution in [1.29, 1.82) is 0 Å². The second-order valence-corrected chi connectivity index (χ2v) is 3.33. The van der Waals surface area contributed by atoms with Crippen molar-refractivity contribution >= 4 is 6.08 Å². The van der Waals surface area contributed by atoms with Gasteiger partial charge in [-0.3, -0.25) is 0 Å². The minimum Gasteiger partial charge on any atom is -0.508 e. The molecule has 1 heteroatoms. The second-order valence-electron chi connectivity index (χ2n) is 3.33. The van der Waals surface area contributed by atoms with Crippen LogP contribution in [0.1, 0.15) is 25.8 Å². The van der Waals surface area contributed by atoms with Crippen molar-refractivity contribution in [2.75, 3.05) is 0 Å². The molecule has 0 saturated heterocycles. The van der Waals surface area contributed by atoms with Crippen molar-refractivity contribution in [3.05, 3.63) is 47.6 Å². The fraction of sp³-hybridized carbons (Fsp3) is 0.231. The molecule has 0 radical (unpaired) electrons. The Kier molecular flexibility index (Phi) is 3.99. The van der Waals surface area contributed by atoms with E-state index in [0.29, 0.717) is 5.75 Å². The monoisotopic (exact) mass is 188 g/mol. The molecule has 0 aromatic heterocycles. The Labute approximate surface area is 85.4 Å². The van der Waals surface area contributed by atoms with Crippen LogP contribution in [0.2, 0.25) is 0 Å². The molecule has 14 heavy (non-hydrogen) atoms. The van der Waals surface area contributed by atoms with E-state index < -0.39 is 0 Å². The predicted molar refractivity (Wildman–Crippen MR) is 61.2 cm³/mol. The number of benzene rings is 1. The zero-order chi connectivity index (χ0) is 10.4. The van der Waals surface area contributed by atoms with Gasteiger partial charge in [0, 0.05) is 0 Å².